The van der Waals surface area contributed by atoms with E-state index < -0.39 is 35.5 Å². The van der Waals surface area contributed by atoms with Crippen molar-refractivity contribution in [1.29, 1.82) is 0 Å². The molecule has 1 atom stereocenters. The van der Waals surface area contributed by atoms with Gasteiger partial charge in [0, 0.05) is 18.6 Å². The van der Waals surface area contributed by atoms with E-state index in [4.69, 9.17) is 4.74 Å². The summed E-state index contributed by atoms with van der Waals surface area (Å²) in [4.78, 5) is 35.5. The number of carboxylic acid groups (broad SMARTS) is 1. The van der Waals surface area contributed by atoms with Crippen molar-refractivity contribution in [2.45, 2.75) is 66.8 Å². The van der Waals surface area contributed by atoms with Crippen LogP contribution >= 0.6 is 0 Å². The highest BCUT2D eigenvalue weighted by molar-refractivity contribution is 5.94. The summed E-state index contributed by atoms with van der Waals surface area (Å²) in [6.45, 7) is 11.7. The van der Waals surface area contributed by atoms with E-state index in [-0.39, 0.29) is 28.4 Å². The second-order valence-electron chi connectivity index (χ2n) is 9.13. The molecule has 35 heavy (non-hydrogen) atoms. The second-order valence-corrected chi connectivity index (χ2v) is 9.13. The van der Waals surface area contributed by atoms with Crippen LogP contribution in [-0.2, 0) is 9.59 Å². The van der Waals surface area contributed by atoms with Gasteiger partial charge in [-0.2, -0.15) is 0 Å². The van der Waals surface area contributed by atoms with Crippen molar-refractivity contribution >= 4 is 17.8 Å². The summed E-state index contributed by atoms with van der Waals surface area (Å²) in [5.74, 6) is -3.51. The second kappa shape index (κ2) is 14.2. The Morgan fingerprint density at radius 2 is 1.66 bits per heavy atom. The fourth-order valence-electron chi connectivity index (χ4n) is 3.36. The molecule has 2 rings (SSSR count). The minimum absolute atomic E-state index is 0.00251. The van der Waals surface area contributed by atoms with Crippen LogP contribution in [0.25, 0.3) is 11.1 Å². The first kappa shape index (κ1) is 29.7. The van der Waals surface area contributed by atoms with Gasteiger partial charge in [-0.1, -0.05) is 53.5 Å². The standard InChI is InChI=1S/C21H21F2NO5.C6H14/c1-11(2)8-18(24-12(3)25)21(28)29-19-7-4-13(9-16(19)20(26)27)15-6-5-14(22)10-17(15)23;1-4-5-6(2)3/h4-7,9-11,18H,8H2,1-3H3,(H,24,25)(H,26,27);6H,4-5H2,1-3H3. The lowest BCUT2D eigenvalue weighted by Gasteiger charge is -2.19. The molecule has 0 fully saturated rings. The summed E-state index contributed by atoms with van der Waals surface area (Å²) in [5.41, 5.74) is -0.186. The number of benzene rings is 2. The molecule has 8 heteroatoms. The third-order valence-corrected chi connectivity index (χ3v) is 4.90. The molecule has 1 amide bonds. The minimum Gasteiger partial charge on any atom is -0.478 e. The van der Waals surface area contributed by atoms with Gasteiger partial charge in [-0.25, -0.2) is 18.4 Å². The molecule has 0 bridgehead atoms. The van der Waals surface area contributed by atoms with Crippen LogP contribution in [0.1, 0.15) is 71.2 Å². The highest BCUT2D eigenvalue weighted by atomic mass is 19.1. The van der Waals surface area contributed by atoms with Gasteiger partial charge >= 0.3 is 11.9 Å². The number of aromatic carboxylic acids is 1. The number of ether oxygens (including phenoxy) is 1. The maximum absolute atomic E-state index is 14.0. The first-order chi connectivity index (χ1) is 16.3. The molecule has 0 aromatic heterocycles. The van der Waals surface area contributed by atoms with E-state index in [1.54, 1.807) is 0 Å². The summed E-state index contributed by atoms with van der Waals surface area (Å²) < 4.78 is 32.4. The third-order valence-electron chi connectivity index (χ3n) is 4.90. The quantitative estimate of drug-likeness (QED) is 0.320. The average molecular weight is 492 g/mol. The number of hydrogen-bond donors (Lipinski definition) is 2. The topological polar surface area (TPSA) is 92.7 Å². The zero-order valence-corrected chi connectivity index (χ0v) is 21.2. The molecule has 192 valence electrons. The van der Waals surface area contributed by atoms with Crippen molar-refractivity contribution in [3.05, 3.63) is 53.6 Å². The van der Waals surface area contributed by atoms with Gasteiger partial charge in [0.2, 0.25) is 5.91 Å². The molecule has 0 aliphatic heterocycles. The lowest BCUT2D eigenvalue weighted by Crippen LogP contribution is -2.43. The maximum Gasteiger partial charge on any atom is 0.339 e. The Labute approximate surface area is 205 Å². The predicted octanol–water partition coefficient (Wildman–Crippen LogP) is 6.23. The van der Waals surface area contributed by atoms with E-state index in [1.165, 1.54) is 38.0 Å². The maximum atomic E-state index is 14.0. The average Bonchev–Trinajstić information content (AvgIpc) is 2.73. The van der Waals surface area contributed by atoms with E-state index in [1.807, 2.05) is 13.8 Å². The number of esters is 1. The molecule has 0 aliphatic carbocycles. The lowest BCUT2D eigenvalue weighted by atomic mass is 10.0. The molecule has 1 unspecified atom stereocenters. The number of carbonyl (C=O) groups is 3. The summed E-state index contributed by atoms with van der Waals surface area (Å²) in [5, 5.41) is 12.0. The predicted molar refractivity (Wildman–Crippen MR) is 131 cm³/mol. The monoisotopic (exact) mass is 491 g/mol. The molecular formula is C27H35F2NO5. The Bertz CT molecular complexity index is 1020. The van der Waals surface area contributed by atoms with Gasteiger partial charge in [-0.3, -0.25) is 4.79 Å². The van der Waals surface area contributed by atoms with E-state index in [2.05, 4.69) is 26.1 Å². The Morgan fingerprint density at radius 1 is 1.00 bits per heavy atom. The van der Waals surface area contributed by atoms with E-state index >= 15 is 0 Å². The van der Waals surface area contributed by atoms with Crippen LogP contribution in [-0.4, -0.2) is 29.0 Å². The highest BCUT2D eigenvalue weighted by Gasteiger charge is 2.25. The summed E-state index contributed by atoms with van der Waals surface area (Å²) in [7, 11) is 0. The number of hydrogen-bond acceptors (Lipinski definition) is 4. The van der Waals surface area contributed by atoms with E-state index in [9.17, 15) is 28.3 Å². The fourth-order valence-corrected chi connectivity index (χ4v) is 3.36. The number of halogens is 2. The van der Waals surface area contributed by atoms with Gasteiger partial charge in [-0.05, 0) is 48.1 Å². The van der Waals surface area contributed by atoms with Crippen LogP contribution < -0.4 is 10.1 Å². The number of nitrogens with one attached hydrogen (secondary N) is 1. The Kier molecular flexibility index (Phi) is 12.1. The van der Waals surface area contributed by atoms with Crippen LogP contribution in [0.2, 0.25) is 0 Å². The van der Waals surface area contributed by atoms with Crippen LogP contribution in [0.3, 0.4) is 0 Å². The normalized spacial score (nSPS) is 11.5. The van der Waals surface area contributed by atoms with E-state index in [0.717, 1.165) is 18.1 Å². The number of carboxylic acids is 1. The van der Waals surface area contributed by atoms with Crippen molar-refractivity contribution in [1.82, 2.24) is 5.32 Å². The SMILES string of the molecule is CC(=O)NC(CC(C)C)C(=O)Oc1ccc(-c2ccc(F)cc2F)cc1C(=O)O.CCCC(C)C. The van der Waals surface area contributed by atoms with Gasteiger partial charge < -0.3 is 15.2 Å². The van der Waals surface area contributed by atoms with Crippen molar-refractivity contribution in [3.63, 3.8) is 0 Å². The molecule has 0 saturated carbocycles. The molecule has 0 heterocycles. The van der Waals surface area contributed by atoms with Crippen LogP contribution in [0.5, 0.6) is 5.75 Å². The van der Waals surface area contributed by atoms with Crippen molar-refractivity contribution in [2.24, 2.45) is 11.8 Å². The largest absolute Gasteiger partial charge is 0.478 e. The first-order valence-corrected chi connectivity index (χ1v) is 11.7. The first-order valence-electron chi connectivity index (χ1n) is 11.7. The third kappa shape index (κ3) is 10.2. The molecule has 0 aliphatic rings. The van der Waals surface area contributed by atoms with Gasteiger partial charge in [0.05, 0.1) is 0 Å². The molecule has 0 saturated heterocycles. The van der Waals surface area contributed by atoms with Gasteiger partial charge in [-0.15, -0.1) is 0 Å². The Morgan fingerprint density at radius 3 is 2.11 bits per heavy atom. The van der Waals surface area contributed by atoms with Crippen LogP contribution in [0.4, 0.5) is 8.78 Å². The summed E-state index contributed by atoms with van der Waals surface area (Å²) in [6.07, 6.45) is 3.01. The highest BCUT2D eigenvalue weighted by Crippen LogP contribution is 2.29. The molecule has 2 aromatic rings. The van der Waals surface area contributed by atoms with Crippen LogP contribution in [0, 0.1) is 23.5 Å². The smallest absolute Gasteiger partial charge is 0.339 e. The number of amides is 1. The lowest BCUT2D eigenvalue weighted by molar-refractivity contribution is -0.139. The molecule has 2 N–H and O–H groups in total. The number of carbonyl (C=O) groups excluding carboxylic acids is 2. The molecular weight excluding hydrogens is 456 g/mol. The van der Waals surface area contributed by atoms with Crippen molar-refractivity contribution in [3.8, 4) is 16.9 Å². The van der Waals surface area contributed by atoms with Crippen molar-refractivity contribution < 1.29 is 33.0 Å². The molecule has 2 aromatic carbocycles. The molecule has 0 radical (unpaired) electrons. The Balaban J connectivity index is 0.000000905. The number of rotatable bonds is 9. The van der Waals surface area contributed by atoms with Crippen LogP contribution in [0.15, 0.2) is 36.4 Å². The van der Waals surface area contributed by atoms with Gasteiger partial charge in [0.25, 0.3) is 0 Å². The zero-order valence-electron chi connectivity index (χ0n) is 21.2. The van der Waals surface area contributed by atoms with E-state index in [0.29, 0.717) is 12.5 Å². The summed E-state index contributed by atoms with van der Waals surface area (Å²) >= 11 is 0. The van der Waals surface area contributed by atoms with Gasteiger partial charge in [0.15, 0.2) is 0 Å². The molecule has 0 spiro atoms. The molecule has 6 nitrogen and oxygen atoms in total. The Hall–Kier alpha value is -3.29. The van der Waals surface area contributed by atoms with Gasteiger partial charge in [0.1, 0.15) is 29.0 Å². The zero-order chi connectivity index (χ0) is 26.7. The van der Waals surface area contributed by atoms with Crippen molar-refractivity contribution in [2.75, 3.05) is 0 Å². The summed E-state index contributed by atoms with van der Waals surface area (Å²) in [6, 6.07) is 5.71. The fraction of sp³-hybridized carbons (Fsp3) is 0.444. The minimum atomic E-state index is -1.39.